The highest BCUT2D eigenvalue weighted by atomic mass is 32.2. The van der Waals surface area contributed by atoms with Crippen molar-refractivity contribution in [3.63, 3.8) is 0 Å². The van der Waals surface area contributed by atoms with Gasteiger partial charge in [0.15, 0.2) is 0 Å². The van der Waals surface area contributed by atoms with Gasteiger partial charge in [0, 0.05) is 11.3 Å². The minimum atomic E-state index is 0.747. The van der Waals surface area contributed by atoms with Gasteiger partial charge in [0.2, 0.25) is 5.16 Å². The molecule has 0 spiro atoms. The van der Waals surface area contributed by atoms with Crippen molar-refractivity contribution in [1.29, 1.82) is 0 Å². The lowest BCUT2D eigenvalue weighted by atomic mass is 10.1. The highest BCUT2D eigenvalue weighted by Crippen LogP contribution is 2.28. The van der Waals surface area contributed by atoms with Crippen LogP contribution in [0.3, 0.4) is 0 Å². The molecule has 0 aliphatic heterocycles. The normalized spacial score (nSPS) is 10.7. The van der Waals surface area contributed by atoms with Crippen LogP contribution in [0.15, 0.2) is 47.6 Å². The van der Waals surface area contributed by atoms with Crippen LogP contribution in [0, 0.1) is 13.8 Å². The highest BCUT2D eigenvalue weighted by Gasteiger charge is 2.12. The number of nitrogens with zero attached hydrogens (tertiary/aromatic N) is 4. The molecule has 3 aromatic rings. The Labute approximate surface area is 139 Å². The molecule has 0 saturated carbocycles. The zero-order chi connectivity index (χ0) is 16.2. The van der Waals surface area contributed by atoms with Crippen LogP contribution in [-0.2, 0) is 5.75 Å². The maximum atomic E-state index is 5.43. The van der Waals surface area contributed by atoms with Crippen molar-refractivity contribution in [2.75, 3.05) is 7.11 Å². The van der Waals surface area contributed by atoms with Gasteiger partial charge in [-0.15, -0.1) is 5.10 Å². The van der Waals surface area contributed by atoms with Gasteiger partial charge in [0.05, 0.1) is 12.8 Å². The van der Waals surface area contributed by atoms with E-state index in [1.54, 1.807) is 23.6 Å². The number of methoxy groups -OCH3 is 1. The summed E-state index contributed by atoms with van der Waals surface area (Å²) in [5, 5.41) is 12.9. The minimum absolute atomic E-state index is 0.747. The second-order valence-corrected chi connectivity index (χ2v) is 6.21. The summed E-state index contributed by atoms with van der Waals surface area (Å²) >= 11 is 1.60. The van der Waals surface area contributed by atoms with Crippen molar-refractivity contribution in [3.8, 4) is 11.4 Å². The number of ether oxygens (including phenoxy) is 1. The molecular weight excluding hydrogens is 308 g/mol. The summed E-state index contributed by atoms with van der Waals surface area (Å²) < 4.78 is 7.21. The monoisotopic (exact) mass is 326 g/mol. The first kappa shape index (κ1) is 15.6. The lowest BCUT2D eigenvalue weighted by Crippen LogP contribution is -2.01. The number of benzene rings is 2. The van der Waals surface area contributed by atoms with E-state index < -0.39 is 0 Å². The Hall–Kier alpha value is -2.34. The summed E-state index contributed by atoms with van der Waals surface area (Å²) in [6.07, 6.45) is 0. The first-order valence-corrected chi connectivity index (χ1v) is 8.28. The largest absolute Gasteiger partial charge is 0.496 e. The number of rotatable bonds is 5. The van der Waals surface area contributed by atoms with E-state index >= 15 is 0 Å². The van der Waals surface area contributed by atoms with Gasteiger partial charge >= 0.3 is 0 Å². The molecule has 0 aliphatic carbocycles. The molecule has 0 fully saturated rings. The molecule has 3 rings (SSSR count). The molecule has 118 valence electrons. The van der Waals surface area contributed by atoms with E-state index in [4.69, 9.17) is 4.74 Å². The van der Waals surface area contributed by atoms with Crippen LogP contribution >= 0.6 is 11.8 Å². The SMILES string of the molecule is COc1ccc(C)cc1CSc1nnnn1-c1ccccc1C. The van der Waals surface area contributed by atoms with Crippen LogP contribution in [0.25, 0.3) is 5.69 Å². The minimum Gasteiger partial charge on any atom is -0.496 e. The van der Waals surface area contributed by atoms with Crippen molar-refractivity contribution in [2.24, 2.45) is 0 Å². The van der Waals surface area contributed by atoms with Crippen LogP contribution in [-0.4, -0.2) is 27.3 Å². The third-order valence-electron chi connectivity index (χ3n) is 3.58. The summed E-state index contributed by atoms with van der Waals surface area (Å²) in [7, 11) is 1.69. The average Bonchev–Trinajstić information content (AvgIpc) is 3.02. The van der Waals surface area contributed by atoms with Crippen LogP contribution in [0.4, 0.5) is 0 Å². The zero-order valence-electron chi connectivity index (χ0n) is 13.4. The summed E-state index contributed by atoms with van der Waals surface area (Å²) in [6, 6.07) is 14.2. The molecule has 0 amide bonds. The summed E-state index contributed by atoms with van der Waals surface area (Å²) in [5.41, 5.74) is 4.47. The molecular formula is C17H18N4OS. The predicted molar refractivity (Wildman–Crippen MR) is 91.2 cm³/mol. The van der Waals surface area contributed by atoms with E-state index in [1.165, 1.54) is 5.56 Å². The van der Waals surface area contributed by atoms with Gasteiger partial charge in [-0.3, -0.25) is 0 Å². The van der Waals surface area contributed by atoms with Crippen molar-refractivity contribution in [3.05, 3.63) is 59.2 Å². The third kappa shape index (κ3) is 3.37. The molecule has 1 heterocycles. The van der Waals surface area contributed by atoms with Crippen molar-refractivity contribution < 1.29 is 4.74 Å². The molecule has 0 atom stereocenters. The highest BCUT2D eigenvalue weighted by molar-refractivity contribution is 7.98. The topological polar surface area (TPSA) is 52.8 Å². The predicted octanol–water partition coefficient (Wildman–Crippen LogP) is 3.58. The Morgan fingerprint density at radius 1 is 1.13 bits per heavy atom. The molecule has 0 bridgehead atoms. The number of thioether (sulfide) groups is 1. The lowest BCUT2D eigenvalue weighted by molar-refractivity contribution is 0.411. The fourth-order valence-corrected chi connectivity index (χ4v) is 3.25. The van der Waals surface area contributed by atoms with E-state index in [0.29, 0.717) is 0 Å². The van der Waals surface area contributed by atoms with E-state index in [2.05, 4.69) is 41.5 Å². The lowest BCUT2D eigenvalue weighted by Gasteiger charge is -2.10. The molecule has 0 N–H and O–H groups in total. The maximum absolute atomic E-state index is 5.43. The Morgan fingerprint density at radius 3 is 2.74 bits per heavy atom. The van der Waals surface area contributed by atoms with E-state index in [9.17, 15) is 0 Å². The van der Waals surface area contributed by atoms with Crippen LogP contribution in [0.5, 0.6) is 5.75 Å². The Bertz CT molecular complexity index is 816. The smallest absolute Gasteiger partial charge is 0.214 e. The number of para-hydroxylation sites is 1. The molecule has 0 aliphatic rings. The number of aromatic nitrogens is 4. The fourth-order valence-electron chi connectivity index (χ4n) is 2.38. The van der Waals surface area contributed by atoms with Gasteiger partial charge in [0.25, 0.3) is 0 Å². The van der Waals surface area contributed by atoms with Gasteiger partial charge in [-0.1, -0.05) is 47.7 Å². The van der Waals surface area contributed by atoms with E-state index in [0.717, 1.165) is 33.5 Å². The first-order valence-electron chi connectivity index (χ1n) is 7.29. The molecule has 6 heteroatoms. The van der Waals surface area contributed by atoms with Crippen LogP contribution < -0.4 is 4.74 Å². The van der Waals surface area contributed by atoms with Crippen molar-refractivity contribution in [2.45, 2.75) is 24.8 Å². The Balaban J connectivity index is 1.85. The second-order valence-electron chi connectivity index (χ2n) is 5.26. The quantitative estimate of drug-likeness (QED) is 0.671. The second kappa shape index (κ2) is 6.83. The number of hydrogen-bond donors (Lipinski definition) is 0. The Kier molecular flexibility index (Phi) is 4.62. The Morgan fingerprint density at radius 2 is 1.96 bits per heavy atom. The number of aryl methyl sites for hydroxylation is 2. The third-order valence-corrected chi connectivity index (χ3v) is 4.55. The standard InChI is InChI=1S/C17H18N4OS/c1-12-8-9-16(22-3)14(10-12)11-23-17-18-19-20-21(17)15-7-5-4-6-13(15)2/h4-10H,11H2,1-3H3. The number of hydrogen-bond acceptors (Lipinski definition) is 5. The summed E-state index contributed by atoms with van der Waals surface area (Å²) in [6.45, 7) is 4.13. The molecule has 0 saturated heterocycles. The summed E-state index contributed by atoms with van der Waals surface area (Å²) in [5.74, 6) is 1.63. The first-order chi connectivity index (χ1) is 11.2. The molecule has 5 nitrogen and oxygen atoms in total. The molecule has 2 aromatic carbocycles. The maximum Gasteiger partial charge on any atom is 0.214 e. The van der Waals surface area contributed by atoms with Gasteiger partial charge in [-0.05, 0) is 42.0 Å². The van der Waals surface area contributed by atoms with Crippen molar-refractivity contribution in [1.82, 2.24) is 20.2 Å². The average molecular weight is 326 g/mol. The summed E-state index contributed by atoms with van der Waals surface area (Å²) in [4.78, 5) is 0. The molecule has 0 unspecified atom stereocenters. The fraction of sp³-hybridized carbons (Fsp3) is 0.235. The van der Waals surface area contributed by atoms with E-state index in [1.807, 2.05) is 30.3 Å². The zero-order valence-corrected chi connectivity index (χ0v) is 14.2. The molecule has 23 heavy (non-hydrogen) atoms. The van der Waals surface area contributed by atoms with Gasteiger partial charge in [-0.25, -0.2) is 0 Å². The van der Waals surface area contributed by atoms with E-state index in [-0.39, 0.29) is 0 Å². The molecule has 1 aromatic heterocycles. The van der Waals surface area contributed by atoms with Crippen LogP contribution in [0.2, 0.25) is 0 Å². The van der Waals surface area contributed by atoms with Gasteiger partial charge < -0.3 is 4.74 Å². The van der Waals surface area contributed by atoms with Crippen LogP contribution in [0.1, 0.15) is 16.7 Å². The van der Waals surface area contributed by atoms with Gasteiger partial charge in [0.1, 0.15) is 5.75 Å². The number of tetrazole rings is 1. The van der Waals surface area contributed by atoms with Gasteiger partial charge in [-0.2, -0.15) is 4.68 Å². The van der Waals surface area contributed by atoms with Crippen molar-refractivity contribution >= 4 is 11.8 Å². The molecule has 0 radical (unpaired) electrons.